The van der Waals surface area contributed by atoms with Gasteiger partial charge < -0.3 is 10.2 Å². The van der Waals surface area contributed by atoms with E-state index < -0.39 is 0 Å². The van der Waals surface area contributed by atoms with Crippen LogP contribution in [0, 0.1) is 28.6 Å². The summed E-state index contributed by atoms with van der Waals surface area (Å²) in [7, 11) is 0. The van der Waals surface area contributed by atoms with Crippen molar-refractivity contribution in [2.75, 3.05) is 18.4 Å². The number of amides is 2. The molecule has 0 spiro atoms. The smallest absolute Gasteiger partial charge is 0.321 e. The first-order chi connectivity index (χ1) is 9.63. The molecule has 2 rings (SSSR count). The van der Waals surface area contributed by atoms with Gasteiger partial charge in [-0.2, -0.15) is 10.5 Å². The molecule has 1 saturated heterocycles. The first-order valence-corrected chi connectivity index (χ1v) is 6.64. The highest BCUT2D eigenvalue weighted by Gasteiger charge is 2.21. The number of likely N-dealkylation sites (tertiary alicyclic amines) is 1. The molecule has 1 unspecified atom stereocenters. The largest absolute Gasteiger partial charge is 0.324 e. The number of nitrogens with one attached hydrogen (secondary N) is 1. The lowest BCUT2D eigenvalue weighted by molar-refractivity contribution is 0.182. The van der Waals surface area contributed by atoms with Gasteiger partial charge in [0.05, 0.1) is 11.1 Å². The molecule has 1 atom stereocenters. The van der Waals surface area contributed by atoms with Crippen LogP contribution in [0.15, 0.2) is 18.2 Å². The molecule has 1 aliphatic heterocycles. The number of hydrogen-bond donors (Lipinski definition) is 1. The number of rotatable bonds is 1. The van der Waals surface area contributed by atoms with Crippen LogP contribution in [0.4, 0.5) is 10.5 Å². The number of piperidine rings is 1. The molecule has 1 N–H and O–H groups in total. The lowest BCUT2D eigenvalue weighted by atomic mass is 10.0. The van der Waals surface area contributed by atoms with Crippen LogP contribution in [-0.4, -0.2) is 24.0 Å². The van der Waals surface area contributed by atoms with Crippen molar-refractivity contribution >= 4 is 11.7 Å². The molecule has 1 aliphatic rings. The molecule has 5 heteroatoms. The summed E-state index contributed by atoms with van der Waals surface area (Å²) in [6.07, 6.45) is 2.17. The second kappa shape index (κ2) is 6.08. The van der Waals surface area contributed by atoms with Crippen molar-refractivity contribution in [3.63, 3.8) is 0 Å². The molecular weight excluding hydrogens is 252 g/mol. The predicted octanol–water partition coefficient (Wildman–Crippen LogP) is 2.69. The molecule has 1 fully saturated rings. The van der Waals surface area contributed by atoms with Crippen LogP contribution in [-0.2, 0) is 0 Å². The Kier molecular flexibility index (Phi) is 4.22. The van der Waals surface area contributed by atoms with Gasteiger partial charge in [0.15, 0.2) is 0 Å². The third-order valence-corrected chi connectivity index (χ3v) is 3.46. The molecular formula is C15H16N4O. The summed E-state index contributed by atoms with van der Waals surface area (Å²) < 4.78 is 0. The molecule has 0 aliphatic carbocycles. The summed E-state index contributed by atoms with van der Waals surface area (Å²) in [5, 5.41) is 20.6. The number of urea groups is 1. The Bertz CT molecular complexity index is 597. The van der Waals surface area contributed by atoms with Gasteiger partial charge in [-0.15, -0.1) is 0 Å². The third kappa shape index (κ3) is 3.07. The van der Waals surface area contributed by atoms with Crippen molar-refractivity contribution in [2.24, 2.45) is 5.92 Å². The topological polar surface area (TPSA) is 79.9 Å². The fourth-order valence-corrected chi connectivity index (χ4v) is 2.39. The lowest BCUT2D eigenvalue weighted by Gasteiger charge is -2.30. The summed E-state index contributed by atoms with van der Waals surface area (Å²) >= 11 is 0. The zero-order valence-electron chi connectivity index (χ0n) is 11.4. The van der Waals surface area contributed by atoms with Crippen molar-refractivity contribution in [3.05, 3.63) is 29.3 Å². The number of nitriles is 2. The Morgan fingerprint density at radius 2 is 2.10 bits per heavy atom. The molecule has 1 heterocycles. The number of nitrogens with zero attached hydrogens (tertiary/aromatic N) is 3. The molecule has 1 aromatic carbocycles. The van der Waals surface area contributed by atoms with Crippen LogP contribution in [0.3, 0.4) is 0 Å². The fourth-order valence-electron chi connectivity index (χ4n) is 2.39. The maximum absolute atomic E-state index is 12.1. The van der Waals surface area contributed by atoms with Gasteiger partial charge in [0, 0.05) is 18.8 Å². The molecule has 0 aromatic heterocycles. The van der Waals surface area contributed by atoms with Crippen LogP contribution in [0.5, 0.6) is 0 Å². The van der Waals surface area contributed by atoms with E-state index in [1.54, 1.807) is 17.0 Å². The highest BCUT2D eigenvalue weighted by atomic mass is 16.2. The summed E-state index contributed by atoms with van der Waals surface area (Å²) in [6, 6.07) is 8.49. The Balaban J connectivity index is 2.08. The van der Waals surface area contributed by atoms with Gasteiger partial charge in [-0.05, 0) is 37.0 Å². The SMILES string of the molecule is CC1CCCN(C(=O)Nc2ccc(C#N)c(C#N)c2)C1. The van der Waals surface area contributed by atoms with Gasteiger partial charge in [0.25, 0.3) is 0 Å². The maximum Gasteiger partial charge on any atom is 0.321 e. The van der Waals surface area contributed by atoms with E-state index in [1.807, 2.05) is 12.1 Å². The van der Waals surface area contributed by atoms with E-state index in [0.29, 0.717) is 17.2 Å². The van der Waals surface area contributed by atoms with E-state index >= 15 is 0 Å². The van der Waals surface area contributed by atoms with Crippen LogP contribution in [0.2, 0.25) is 0 Å². The Labute approximate surface area is 118 Å². The Morgan fingerprint density at radius 1 is 1.35 bits per heavy atom. The van der Waals surface area contributed by atoms with E-state index in [-0.39, 0.29) is 11.6 Å². The third-order valence-electron chi connectivity index (χ3n) is 3.46. The van der Waals surface area contributed by atoms with Crippen molar-refractivity contribution in [3.8, 4) is 12.1 Å². The monoisotopic (exact) mass is 268 g/mol. The standard InChI is InChI=1S/C15H16N4O/c1-11-3-2-6-19(10-11)15(20)18-14-5-4-12(8-16)13(7-14)9-17/h4-5,7,11H,2-3,6,10H2,1H3,(H,18,20). The van der Waals surface area contributed by atoms with E-state index in [2.05, 4.69) is 12.2 Å². The average Bonchev–Trinajstić information content (AvgIpc) is 2.47. The second-order valence-electron chi connectivity index (χ2n) is 5.11. The fraction of sp³-hybridized carbons (Fsp3) is 0.400. The molecule has 102 valence electrons. The van der Waals surface area contributed by atoms with Crippen molar-refractivity contribution < 1.29 is 4.79 Å². The van der Waals surface area contributed by atoms with Crippen molar-refractivity contribution in [1.82, 2.24) is 4.90 Å². The zero-order chi connectivity index (χ0) is 14.5. The van der Waals surface area contributed by atoms with Gasteiger partial charge in [0.2, 0.25) is 0 Å². The first kappa shape index (κ1) is 13.9. The van der Waals surface area contributed by atoms with E-state index in [9.17, 15) is 4.79 Å². The van der Waals surface area contributed by atoms with Crippen LogP contribution >= 0.6 is 0 Å². The molecule has 20 heavy (non-hydrogen) atoms. The number of carbonyl (C=O) groups excluding carboxylic acids is 1. The minimum absolute atomic E-state index is 0.148. The van der Waals surface area contributed by atoms with Crippen LogP contribution in [0.25, 0.3) is 0 Å². The highest BCUT2D eigenvalue weighted by Crippen LogP contribution is 2.18. The molecule has 0 saturated carbocycles. The molecule has 0 radical (unpaired) electrons. The summed E-state index contributed by atoms with van der Waals surface area (Å²) in [5.41, 5.74) is 1.14. The number of hydrogen-bond acceptors (Lipinski definition) is 3. The second-order valence-corrected chi connectivity index (χ2v) is 5.11. The Hall–Kier alpha value is -2.53. The van der Waals surface area contributed by atoms with Crippen LogP contribution in [0.1, 0.15) is 30.9 Å². The molecule has 2 amide bonds. The van der Waals surface area contributed by atoms with Crippen molar-refractivity contribution in [1.29, 1.82) is 10.5 Å². The van der Waals surface area contributed by atoms with Crippen LogP contribution < -0.4 is 5.32 Å². The van der Waals surface area contributed by atoms with Gasteiger partial charge >= 0.3 is 6.03 Å². The summed E-state index contributed by atoms with van der Waals surface area (Å²) in [6.45, 7) is 3.65. The summed E-state index contributed by atoms with van der Waals surface area (Å²) in [5.74, 6) is 0.519. The van der Waals surface area contributed by atoms with E-state index in [1.165, 1.54) is 6.07 Å². The van der Waals surface area contributed by atoms with Gasteiger partial charge in [-0.3, -0.25) is 0 Å². The average molecular weight is 268 g/mol. The summed E-state index contributed by atoms with van der Waals surface area (Å²) in [4.78, 5) is 13.9. The lowest BCUT2D eigenvalue weighted by Crippen LogP contribution is -2.41. The Morgan fingerprint density at radius 3 is 2.75 bits per heavy atom. The van der Waals surface area contributed by atoms with Crippen molar-refractivity contribution in [2.45, 2.75) is 19.8 Å². The minimum atomic E-state index is -0.148. The van der Waals surface area contributed by atoms with Gasteiger partial charge in [-0.25, -0.2) is 4.79 Å². The zero-order valence-corrected chi connectivity index (χ0v) is 11.4. The molecule has 1 aromatic rings. The maximum atomic E-state index is 12.1. The number of benzene rings is 1. The van der Waals surface area contributed by atoms with E-state index in [0.717, 1.165) is 25.9 Å². The predicted molar refractivity (Wildman–Crippen MR) is 74.9 cm³/mol. The minimum Gasteiger partial charge on any atom is -0.324 e. The van der Waals surface area contributed by atoms with E-state index in [4.69, 9.17) is 10.5 Å². The highest BCUT2D eigenvalue weighted by molar-refractivity contribution is 5.89. The number of carbonyl (C=O) groups is 1. The quantitative estimate of drug-likeness (QED) is 0.850. The molecule has 5 nitrogen and oxygen atoms in total. The van der Waals surface area contributed by atoms with Gasteiger partial charge in [0.1, 0.15) is 12.1 Å². The van der Waals surface area contributed by atoms with Gasteiger partial charge in [-0.1, -0.05) is 6.92 Å². The first-order valence-electron chi connectivity index (χ1n) is 6.64. The molecule has 0 bridgehead atoms. The number of anilines is 1. The normalized spacial score (nSPS) is 17.9.